The second-order valence-electron chi connectivity index (χ2n) is 7.93. The number of hydrogen-bond acceptors (Lipinski definition) is 5. The maximum atomic E-state index is 11.9. The van der Waals surface area contributed by atoms with Gasteiger partial charge in [0.2, 0.25) is 0 Å². The lowest BCUT2D eigenvalue weighted by atomic mass is 9.96. The average Bonchev–Trinajstić information content (AvgIpc) is 3.26. The molecule has 0 bridgehead atoms. The molecule has 0 saturated heterocycles. The Morgan fingerprint density at radius 1 is 1.12 bits per heavy atom. The molecule has 34 heavy (non-hydrogen) atoms. The first kappa shape index (κ1) is 23.5. The van der Waals surface area contributed by atoms with Crippen molar-refractivity contribution in [3.05, 3.63) is 83.0 Å². The molecule has 1 atom stereocenters. The summed E-state index contributed by atoms with van der Waals surface area (Å²) >= 11 is 1.74. The van der Waals surface area contributed by atoms with Crippen LogP contribution in [0.2, 0.25) is 0 Å². The summed E-state index contributed by atoms with van der Waals surface area (Å²) in [5.41, 5.74) is 5.48. The minimum absolute atomic E-state index is 0.187. The van der Waals surface area contributed by atoms with Gasteiger partial charge in [0.05, 0.1) is 18.9 Å². The maximum absolute atomic E-state index is 11.9. The van der Waals surface area contributed by atoms with E-state index < -0.39 is 0 Å². The van der Waals surface area contributed by atoms with Gasteiger partial charge in [0.15, 0.2) is 0 Å². The molecule has 2 aromatic carbocycles. The van der Waals surface area contributed by atoms with Gasteiger partial charge in [-0.05, 0) is 67.6 Å². The zero-order valence-corrected chi connectivity index (χ0v) is 20.4. The minimum Gasteiger partial charge on any atom is -0.489 e. The monoisotopic (exact) mass is 469 g/mol. The number of nitrogens with zero attached hydrogens (tertiary/aromatic N) is 1. The molecule has 0 fully saturated rings. The average molecular weight is 470 g/mol. The summed E-state index contributed by atoms with van der Waals surface area (Å²) in [6, 6.07) is 18.4. The van der Waals surface area contributed by atoms with Crippen molar-refractivity contribution in [1.29, 1.82) is 0 Å². The van der Waals surface area contributed by atoms with E-state index in [-0.39, 0.29) is 18.3 Å². The lowest BCUT2D eigenvalue weighted by Gasteiger charge is -2.12. The third-order valence-corrected chi connectivity index (χ3v) is 6.58. The van der Waals surface area contributed by atoms with Crippen LogP contribution in [-0.4, -0.2) is 17.6 Å². The fourth-order valence-corrected chi connectivity index (χ4v) is 4.86. The number of ether oxygens (including phenoxy) is 2. The second-order valence-corrected chi connectivity index (χ2v) is 8.84. The van der Waals surface area contributed by atoms with E-state index in [1.807, 2.05) is 43.5 Å². The molecule has 4 rings (SSSR count). The van der Waals surface area contributed by atoms with Crippen molar-refractivity contribution in [2.24, 2.45) is 0 Å². The molecule has 0 saturated carbocycles. The molecule has 5 heteroatoms. The summed E-state index contributed by atoms with van der Waals surface area (Å²) in [7, 11) is 0. The summed E-state index contributed by atoms with van der Waals surface area (Å²) in [6.07, 6.45) is 2.07. The topological polar surface area (TPSA) is 48.4 Å². The molecule has 172 valence electrons. The van der Waals surface area contributed by atoms with E-state index in [0.717, 1.165) is 28.1 Å². The van der Waals surface area contributed by atoms with Crippen molar-refractivity contribution >= 4 is 27.4 Å². The normalized spacial score (nSPS) is 11.5. The van der Waals surface area contributed by atoms with Crippen molar-refractivity contribution in [3.63, 3.8) is 0 Å². The molecule has 0 radical (unpaired) electrons. The standard InChI is InChI=1S/C29H27NO3S/c1-4-7-23(17-29(31)32-5-2)22-10-12-24(13-11-22)33-18-21-9-14-28-26(16-21)27(19-34-28)25-8-6-15-30-20(25)3/h6,8-16,19,23H,5,17-18H2,1-3H3/t23-/m0/s1. The number of aryl methyl sites for hydroxylation is 1. The van der Waals surface area contributed by atoms with Crippen LogP contribution in [0, 0.1) is 18.8 Å². The molecule has 0 aliphatic heterocycles. The Bertz CT molecular complexity index is 1350. The van der Waals surface area contributed by atoms with Gasteiger partial charge in [0.1, 0.15) is 12.4 Å². The van der Waals surface area contributed by atoms with Gasteiger partial charge in [-0.1, -0.05) is 30.2 Å². The molecular weight excluding hydrogens is 442 g/mol. The lowest BCUT2D eigenvalue weighted by molar-refractivity contribution is -0.143. The summed E-state index contributed by atoms with van der Waals surface area (Å²) in [5, 5.41) is 3.42. The summed E-state index contributed by atoms with van der Waals surface area (Å²) in [4.78, 5) is 16.4. The Labute approximate surface area is 204 Å². The summed E-state index contributed by atoms with van der Waals surface area (Å²) in [6.45, 7) is 6.47. The Balaban J connectivity index is 1.47. The number of hydrogen-bond donors (Lipinski definition) is 0. The SMILES string of the molecule is CC#C[C@@H](CC(=O)OCC)c1ccc(OCc2ccc3scc(-c4cccnc4C)c3c2)cc1. The number of aromatic nitrogens is 1. The van der Waals surface area contributed by atoms with Gasteiger partial charge in [0, 0.05) is 33.1 Å². The predicted molar refractivity (Wildman–Crippen MR) is 138 cm³/mol. The highest BCUT2D eigenvalue weighted by molar-refractivity contribution is 7.17. The first-order valence-electron chi connectivity index (χ1n) is 11.3. The fraction of sp³-hybridized carbons (Fsp3) is 0.241. The van der Waals surface area contributed by atoms with Gasteiger partial charge in [-0.3, -0.25) is 9.78 Å². The van der Waals surface area contributed by atoms with Gasteiger partial charge < -0.3 is 9.47 Å². The highest BCUT2D eigenvalue weighted by Crippen LogP contribution is 2.35. The molecular formula is C29H27NO3S. The molecule has 0 amide bonds. The smallest absolute Gasteiger partial charge is 0.307 e. The number of fused-ring (bicyclic) bond motifs is 1. The van der Waals surface area contributed by atoms with Gasteiger partial charge >= 0.3 is 5.97 Å². The van der Waals surface area contributed by atoms with Gasteiger partial charge in [-0.2, -0.15) is 0 Å². The molecule has 0 aliphatic carbocycles. The van der Waals surface area contributed by atoms with Crippen LogP contribution in [0.25, 0.3) is 21.2 Å². The van der Waals surface area contributed by atoms with Crippen molar-refractivity contribution < 1.29 is 14.3 Å². The van der Waals surface area contributed by atoms with E-state index in [9.17, 15) is 4.79 Å². The molecule has 0 unspecified atom stereocenters. The molecule has 2 heterocycles. The van der Waals surface area contributed by atoms with E-state index in [1.165, 1.54) is 15.6 Å². The molecule has 0 spiro atoms. The van der Waals surface area contributed by atoms with Crippen molar-refractivity contribution in [2.75, 3.05) is 6.61 Å². The maximum Gasteiger partial charge on any atom is 0.307 e. The van der Waals surface area contributed by atoms with Crippen molar-refractivity contribution in [3.8, 4) is 28.7 Å². The highest BCUT2D eigenvalue weighted by Gasteiger charge is 2.15. The Morgan fingerprint density at radius 3 is 2.68 bits per heavy atom. The summed E-state index contributed by atoms with van der Waals surface area (Å²) < 4.78 is 12.4. The van der Waals surface area contributed by atoms with E-state index in [0.29, 0.717) is 13.2 Å². The van der Waals surface area contributed by atoms with E-state index in [2.05, 4.69) is 46.5 Å². The minimum atomic E-state index is -0.236. The van der Waals surface area contributed by atoms with E-state index in [4.69, 9.17) is 9.47 Å². The van der Waals surface area contributed by atoms with Gasteiger partial charge in [0.25, 0.3) is 0 Å². The lowest BCUT2D eigenvalue weighted by Crippen LogP contribution is -2.09. The van der Waals surface area contributed by atoms with Crippen LogP contribution in [0.5, 0.6) is 5.75 Å². The van der Waals surface area contributed by atoms with Crippen LogP contribution in [0.1, 0.15) is 43.0 Å². The predicted octanol–water partition coefficient (Wildman–Crippen LogP) is 6.91. The fourth-order valence-electron chi connectivity index (χ4n) is 3.92. The molecule has 0 N–H and O–H groups in total. The number of thiophene rings is 1. The first-order chi connectivity index (χ1) is 16.6. The summed E-state index contributed by atoms with van der Waals surface area (Å²) in [5.74, 6) is 6.37. The largest absolute Gasteiger partial charge is 0.489 e. The van der Waals surface area contributed by atoms with E-state index >= 15 is 0 Å². The number of benzene rings is 2. The van der Waals surface area contributed by atoms with Gasteiger partial charge in [-0.25, -0.2) is 0 Å². The van der Waals surface area contributed by atoms with Crippen LogP contribution in [-0.2, 0) is 16.1 Å². The Kier molecular flexibility index (Phi) is 7.61. The zero-order valence-electron chi connectivity index (χ0n) is 19.6. The number of esters is 1. The second kappa shape index (κ2) is 11.0. The van der Waals surface area contributed by atoms with Crippen molar-refractivity contribution in [2.45, 2.75) is 39.7 Å². The highest BCUT2D eigenvalue weighted by atomic mass is 32.1. The quantitative estimate of drug-likeness (QED) is 0.208. The van der Waals surface area contributed by atoms with Gasteiger partial charge in [-0.15, -0.1) is 17.3 Å². The Hall–Kier alpha value is -3.62. The van der Waals surface area contributed by atoms with Crippen molar-refractivity contribution in [1.82, 2.24) is 4.98 Å². The number of carbonyl (C=O) groups is 1. The first-order valence-corrected chi connectivity index (χ1v) is 12.2. The molecule has 4 nitrogen and oxygen atoms in total. The number of rotatable bonds is 8. The van der Waals surface area contributed by atoms with Crippen LogP contribution in [0.4, 0.5) is 0 Å². The number of carbonyl (C=O) groups excluding carboxylic acids is 1. The third-order valence-electron chi connectivity index (χ3n) is 5.62. The van der Waals surface area contributed by atoms with Crippen LogP contribution < -0.4 is 4.74 Å². The zero-order chi connectivity index (χ0) is 23.9. The molecule has 4 aromatic rings. The van der Waals surface area contributed by atoms with Crippen LogP contribution in [0.3, 0.4) is 0 Å². The van der Waals surface area contributed by atoms with Crippen LogP contribution >= 0.6 is 11.3 Å². The third kappa shape index (κ3) is 5.47. The van der Waals surface area contributed by atoms with E-state index in [1.54, 1.807) is 25.2 Å². The Morgan fingerprint density at radius 2 is 1.94 bits per heavy atom. The number of pyridine rings is 1. The molecule has 2 aromatic heterocycles. The van der Waals surface area contributed by atoms with Crippen LogP contribution in [0.15, 0.2) is 66.2 Å². The molecule has 0 aliphatic rings.